The molecule has 6 heteroatoms. The van der Waals surface area contributed by atoms with Crippen molar-refractivity contribution < 1.29 is 13.6 Å². The van der Waals surface area contributed by atoms with Crippen LogP contribution in [0.3, 0.4) is 0 Å². The number of amides is 1. The van der Waals surface area contributed by atoms with E-state index in [1.807, 2.05) is 7.05 Å². The summed E-state index contributed by atoms with van der Waals surface area (Å²) in [6, 6.07) is 2.48. The van der Waals surface area contributed by atoms with Crippen molar-refractivity contribution in [2.75, 3.05) is 13.6 Å². The first-order valence-electron chi connectivity index (χ1n) is 6.54. The highest BCUT2D eigenvalue weighted by molar-refractivity contribution is 9.10. The molecular weight excluding hydrogens is 330 g/mol. The fraction of sp³-hybridized carbons (Fsp3) is 0.500. The molecule has 1 heterocycles. The molecule has 0 radical (unpaired) electrons. The number of carbonyl (C=O) groups is 1. The van der Waals surface area contributed by atoms with Crippen LogP contribution in [-0.2, 0) is 0 Å². The topological polar surface area (TPSA) is 32.3 Å². The highest BCUT2D eigenvalue weighted by Crippen LogP contribution is 2.21. The Morgan fingerprint density at radius 2 is 2.00 bits per heavy atom. The summed E-state index contributed by atoms with van der Waals surface area (Å²) in [5.41, 5.74) is -0.514. The van der Waals surface area contributed by atoms with Crippen LogP contribution < -0.4 is 5.32 Å². The van der Waals surface area contributed by atoms with Crippen LogP contribution in [0.2, 0.25) is 0 Å². The molecule has 1 aromatic carbocycles. The van der Waals surface area contributed by atoms with Crippen molar-refractivity contribution >= 4 is 21.8 Å². The van der Waals surface area contributed by atoms with E-state index in [0.717, 1.165) is 31.5 Å². The molecule has 20 heavy (non-hydrogen) atoms. The molecule has 0 bridgehead atoms. The van der Waals surface area contributed by atoms with Gasteiger partial charge in [0.1, 0.15) is 17.2 Å². The van der Waals surface area contributed by atoms with Crippen molar-refractivity contribution in [3.05, 3.63) is 33.8 Å². The van der Waals surface area contributed by atoms with E-state index in [1.165, 1.54) is 0 Å². The first-order chi connectivity index (χ1) is 9.38. The summed E-state index contributed by atoms with van der Waals surface area (Å²) in [5.74, 6) is -2.39. The number of carbonyl (C=O) groups excluding carboxylic acids is 1. The summed E-state index contributed by atoms with van der Waals surface area (Å²) in [5, 5.41) is 2.73. The normalized spacial score (nSPS) is 23.6. The average molecular weight is 347 g/mol. The molecule has 1 aromatic rings. The number of piperidine rings is 1. The maximum absolute atomic E-state index is 13.7. The Labute approximate surface area is 125 Å². The van der Waals surface area contributed by atoms with Gasteiger partial charge in [0, 0.05) is 23.1 Å². The van der Waals surface area contributed by atoms with Crippen molar-refractivity contribution in [2.24, 2.45) is 0 Å². The van der Waals surface area contributed by atoms with Crippen molar-refractivity contribution in [3.8, 4) is 0 Å². The standard InChI is InChI=1S/C14H17BrF2N2O/c1-8-5-10(3-4-19(8)2)18-14(20)13-11(16)6-9(15)7-12(13)17/h6-8,10H,3-5H2,1-2H3,(H,18,20). The Morgan fingerprint density at radius 3 is 2.55 bits per heavy atom. The zero-order valence-corrected chi connectivity index (χ0v) is 13.0. The number of halogens is 3. The van der Waals surface area contributed by atoms with Gasteiger partial charge in [0.05, 0.1) is 0 Å². The van der Waals surface area contributed by atoms with E-state index in [2.05, 4.69) is 33.1 Å². The zero-order chi connectivity index (χ0) is 14.9. The lowest BCUT2D eigenvalue weighted by Gasteiger charge is -2.35. The predicted molar refractivity (Wildman–Crippen MR) is 76.6 cm³/mol. The van der Waals surface area contributed by atoms with Crippen LogP contribution in [0, 0.1) is 11.6 Å². The summed E-state index contributed by atoms with van der Waals surface area (Å²) >= 11 is 2.99. The molecule has 1 aliphatic rings. The molecule has 0 aliphatic carbocycles. The second-order valence-electron chi connectivity index (χ2n) is 5.27. The minimum Gasteiger partial charge on any atom is -0.349 e. The van der Waals surface area contributed by atoms with Gasteiger partial charge >= 0.3 is 0 Å². The van der Waals surface area contributed by atoms with Gasteiger partial charge in [0.2, 0.25) is 0 Å². The van der Waals surface area contributed by atoms with E-state index < -0.39 is 23.1 Å². The monoisotopic (exact) mass is 346 g/mol. The highest BCUT2D eigenvalue weighted by Gasteiger charge is 2.26. The molecule has 2 atom stereocenters. The molecular formula is C14H17BrF2N2O. The third-order valence-electron chi connectivity index (χ3n) is 3.78. The van der Waals surface area contributed by atoms with Crippen molar-refractivity contribution in [3.63, 3.8) is 0 Å². The lowest BCUT2D eigenvalue weighted by molar-refractivity contribution is 0.0888. The zero-order valence-electron chi connectivity index (χ0n) is 11.4. The van der Waals surface area contributed by atoms with E-state index in [4.69, 9.17) is 0 Å². The number of nitrogens with one attached hydrogen (secondary N) is 1. The Bertz CT molecular complexity index is 501. The fourth-order valence-corrected chi connectivity index (χ4v) is 2.84. The Hall–Kier alpha value is -1.01. The minimum absolute atomic E-state index is 0.0452. The Balaban J connectivity index is 2.09. The number of rotatable bonds is 2. The summed E-state index contributed by atoms with van der Waals surface area (Å²) in [6.07, 6.45) is 1.56. The van der Waals surface area contributed by atoms with E-state index in [9.17, 15) is 13.6 Å². The van der Waals surface area contributed by atoms with Gasteiger partial charge in [0.15, 0.2) is 0 Å². The molecule has 1 fully saturated rings. The Kier molecular flexibility index (Phi) is 4.75. The molecule has 0 spiro atoms. The molecule has 1 saturated heterocycles. The van der Waals surface area contributed by atoms with Gasteiger partial charge in [0.25, 0.3) is 5.91 Å². The minimum atomic E-state index is -0.852. The number of likely N-dealkylation sites (tertiary alicyclic amines) is 1. The van der Waals surface area contributed by atoms with Gasteiger partial charge in [-0.25, -0.2) is 8.78 Å². The maximum atomic E-state index is 13.7. The smallest absolute Gasteiger partial charge is 0.257 e. The molecule has 1 aliphatic heterocycles. The van der Waals surface area contributed by atoms with Crippen LogP contribution >= 0.6 is 15.9 Å². The third kappa shape index (κ3) is 3.35. The van der Waals surface area contributed by atoms with Crippen molar-refractivity contribution in [1.82, 2.24) is 10.2 Å². The van der Waals surface area contributed by atoms with Gasteiger partial charge < -0.3 is 10.2 Å². The first kappa shape index (κ1) is 15.4. The largest absolute Gasteiger partial charge is 0.349 e. The second-order valence-corrected chi connectivity index (χ2v) is 6.18. The van der Waals surface area contributed by atoms with Gasteiger partial charge in [-0.15, -0.1) is 0 Å². The summed E-state index contributed by atoms with van der Waals surface area (Å²) in [4.78, 5) is 14.2. The molecule has 1 amide bonds. The predicted octanol–water partition coefficient (Wildman–Crippen LogP) is 2.94. The lowest BCUT2D eigenvalue weighted by Crippen LogP contribution is -2.47. The van der Waals surface area contributed by atoms with Crippen LogP contribution in [0.5, 0.6) is 0 Å². The Morgan fingerprint density at radius 1 is 1.40 bits per heavy atom. The molecule has 110 valence electrons. The lowest BCUT2D eigenvalue weighted by atomic mass is 9.98. The van der Waals surface area contributed by atoms with E-state index in [-0.39, 0.29) is 10.5 Å². The summed E-state index contributed by atoms with van der Waals surface area (Å²) in [7, 11) is 2.02. The van der Waals surface area contributed by atoms with Crippen molar-refractivity contribution in [2.45, 2.75) is 31.8 Å². The van der Waals surface area contributed by atoms with Crippen LogP contribution in [0.1, 0.15) is 30.1 Å². The maximum Gasteiger partial charge on any atom is 0.257 e. The highest BCUT2D eigenvalue weighted by atomic mass is 79.9. The average Bonchev–Trinajstić information content (AvgIpc) is 2.32. The van der Waals surface area contributed by atoms with Gasteiger partial charge in [-0.1, -0.05) is 15.9 Å². The number of nitrogens with zero attached hydrogens (tertiary/aromatic N) is 1. The quantitative estimate of drug-likeness (QED) is 0.892. The number of hydrogen-bond donors (Lipinski definition) is 1. The molecule has 0 saturated carbocycles. The number of benzene rings is 1. The van der Waals surface area contributed by atoms with E-state index in [1.54, 1.807) is 0 Å². The van der Waals surface area contributed by atoms with Crippen LogP contribution in [0.15, 0.2) is 16.6 Å². The molecule has 3 nitrogen and oxygen atoms in total. The van der Waals surface area contributed by atoms with Gasteiger partial charge in [-0.05, 0) is 38.9 Å². The van der Waals surface area contributed by atoms with E-state index in [0.29, 0.717) is 6.04 Å². The first-order valence-corrected chi connectivity index (χ1v) is 7.33. The SMILES string of the molecule is CC1CC(NC(=O)c2c(F)cc(Br)cc2F)CCN1C. The van der Waals surface area contributed by atoms with E-state index >= 15 is 0 Å². The third-order valence-corrected chi connectivity index (χ3v) is 4.24. The summed E-state index contributed by atoms with van der Waals surface area (Å²) < 4.78 is 27.7. The molecule has 2 unspecified atom stereocenters. The second kappa shape index (κ2) is 6.18. The number of hydrogen-bond acceptors (Lipinski definition) is 2. The van der Waals surface area contributed by atoms with Crippen molar-refractivity contribution in [1.29, 1.82) is 0 Å². The van der Waals surface area contributed by atoms with Gasteiger partial charge in [-0.3, -0.25) is 4.79 Å². The molecule has 2 rings (SSSR count). The summed E-state index contributed by atoms with van der Waals surface area (Å²) in [6.45, 7) is 2.93. The van der Waals surface area contributed by atoms with Gasteiger partial charge in [-0.2, -0.15) is 0 Å². The van der Waals surface area contributed by atoms with Crippen LogP contribution in [0.25, 0.3) is 0 Å². The molecule has 1 N–H and O–H groups in total. The molecule has 0 aromatic heterocycles. The van der Waals surface area contributed by atoms with Crippen LogP contribution in [0.4, 0.5) is 8.78 Å². The van der Waals surface area contributed by atoms with Crippen LogP contribution in [-0.4, -0.2) is 36.5 Å². The fourth-order valence-electron chi connectivity index (χ4n) is 2.44.